The van der Waals surface area contributed by atoms with Gasteiger partial charge in [0.15, 0.2) is 0 Å². The Hall–Kier alpha value is -2.88. The maximum Gasteiger partial charge on any atom is 0.271 e. The van der Waals surface area contributed by atoms with Gasteiger partial charge in [-0.15, -0.1) is 0 Å². The van der Waals surface area contributed by atoms with Crippen LogP contribution in [0.1, 0.15) is 22.3 Å². The van der Waals surface area contributed by atoms with E-state index < -0.39 is 6.04 Å². The van der Waals surface area contributed by atoms with Gasteiger partial charge in [0.05, 0.1) is 0 Å². The average Bonchev–Trinajstić information content (AvgIpc) is 2.60. The maximum atomic E-state index is 12.8. The van der Waals surface area contributed by atoms with Crippen molar-refractivity contribution in [2.75, 3.05) is 0 Å². The van der Waals surface area contributed by atoms with Crippen molar-refractivity contribution < 1.29 is 9.59 Å². The summed E-state index contributed by atoms with van der Waals surface area (Å²) in [5.41, 5.74) is 4.67. The minimum atomic E-state index is -0.414. The number of aryl methyl sites for hydroxylation is 1. The van der Waals surface area contributed by atoms with Gasteiger partial charge >= 0.3 is 0 Å². The molecule has 2 amide bonds. The fraction of sp³-hybridized carbons (Fsp3) is 0.200. The number of fused-ring (bicyclic) bond motifs is 2. The van der Waals surface area contributed by atoms with Crippen LogP contribution in [0.5, 0.6) is 0 Å². The predicted molar refractivity (Wildman–Crippen MR) is 91.8 cm³/mol. The summed E-state index contributed by atoms with van der Waals surface area (Å²) in [6.45, 7) is 2.50. The van der Waals surface area contributed by atoms with Gasteiger partial charge in [-0.2, -0.15) is 0 Å². The Bertz CT molecular complexity index is 852. The molecule has 1 unspecified atom stereocenters. The molecule has 2 aliphatic rings. The highest BCUT2D eigenvalue weighted by atomic mass is 16.2. The van der Waals surface area contributed by atoms with E-state index >= 15 is 0 Å². The van der Waals surface area contributed by atoms with Gasteiger partial charge in [0.25, 0.3) is 5.91 Å². The minimum Gasteiger partial charge on any atom is -0.321 e. The summed E-state index contributed by atoms with van der Waals surface area (Å²) >= 11 is 0. The highest BCUT2D eigenvalue weighted by Gasteiger charge is 2.40. The van der Waals surface area contributed by atoms with E-state index in [1.165, 1.54) is 0 Å². The van der Waals surface area contributed by atoms with E-state index in [1.54, 1.807) is 11.0 Å². The molecule has 4 rings (SSSR count). The quantitative estimate of drug-likeness (QED) is 0.821. The maximum absolute atomic E-state index is 12.8. The fourth-order valence-corrected chi connectivity index (χ4v) is 3.32. The van der Waals surface area contributed by atoms with Crippen molar-refractivity contribution in [1.29, 1.82) is 0 Å². The second kappa shape index (κ2) is 5.64. The van der Waals surface area contributed by atoms with E-state index in [0.29, 0.717) is 18.7 Å². The molecule has 2 aromatic carbocycles. The van der Waals surface area contributed by atoms with Crippen molar-refractivity contribution in [3.8, 4) is 0 Å². The van der Waals surface area contributed by atoms with Crippen molar-refractivity contribution >= 4 is 17.9 Å². The Kier molecular flexibility index (Phi) is 3.45. The minimum absolute atomic E-state index is 0.109. The molecule has 2 heterocycles. The van der Waals surface area contributed by atoms with E-state index in [2.05, 4.69) is 5.32 Å². The van der Waals surface area contributed by atoms with Crippen LogP contribution < -0.4 is 5.32 Å². The Morgan fingerprint density at radius 3 is 2.50 bits per heavy atom. The van der Waals surface area contributed by atoms with Crippen molar-refractivity contribution in [1.82, 2.24) is 10.2 Å². The molecular weight excluding hydrogens is 300 g/mol. The molecule has 1 N–H and O–H groups in total. The molecule has 0 aliphatic carbocycles. The van der Waals surface area contributed by atoms with Crippen LogP contribution in [0.2, 0.25) is 0 Å². The Morgan fingerprint density at radius 2 is 1.75 bits per heavy atom. The molecule has 0 radical (unpaired) electrons. The largest absolute Gasteiger partial charge is 0.321 e. The third-order valence-corrected chi connectivity index (χ3v) is 4.69. The smallest absolute Gasteiger partial charge is 0.271 e. The van der Waals surface area contributed by atoms with Crippen molar-refractivity contribution in [2.24, 2.45) is 0 Å². The molecule has 0 bridgehead atoms. The van der Waals surface area contributed by atoms with Crippen molar-refractivity contribution in [2.45, 2.75) is 25.9 Å². The number of nitrogens with one attached hydrogen (secondary N) is 1. The molecule has 4 heteroatoms. The number of amides is 2. The van der Waals surface area contributed by atoms with Gasteiger partial charge in [-0.3, -0.25) is 9.59 Å². The summed E-state index contributed by atoms with van der Waals surface area (Å²) in [5, 5.41) is 2.79. The third-order valence-electron chi connectivity index (χ3n) is 4.69. The lowest BCUT2D eigenvalue weighted by Gasteiger charge is -2.39. The first-order valence-electron chi connectivity index (χ1n) is 8.09. The number of hydrogen-bond acceptors (Lipinski definition) is 2. The van der Waals surface area contributed by atoms with Gasteiger partial charge in [-0.25, -0.2) is 0 Å². The van der Waals surface area contributed by atoms with Crippen LogP contribution in [-0.2, 0) is 22.6 Å². The molecule has 2 aromatic rings. The normalized spacial score (nSPS) is 21.3. The molecule has 1 atom stereocenters. The zero-order valence-electron chi connectivity index (χ0n) is 13.5. The second-order valence-electron chi connectivity index (χ2n) is 6.38. The summed E-state index contributed by atoms with van der Waals surface area (Å²) < 4.78 is 0. The van der Waals surface area contributed by atoms with Crippen LogP contribution in [0.3, 0.4) is 0 Å². The second-order valence-corrected chi connectivity index (χ2v) is 6.38. The highest BCUT2D eigenvalue weighted by Crippen LogP contribution is 2.27. The summed E-state index contributed by atoms with van der Waals surface area (Å²) in [4.78, 5) is 27.0. The molecule has 4 nitrogen and oxygen atoms in total. The number of hydrogen-bond donors (Lipinski definition) is 1. The van der Waals surface area contributed by atoms with Crippen LogP contribution in [0.4, 0.5) is 0 Å². The summed E-state index contributed by atoms with van der Waals surface area (Å²) in [7, 11) is 0. The predicted octanol–water partition coefficient (Wildman–Crippen LogP) is 2.42. The molecule has 24 heavy (non-hydrogen) atoms. The number of carbonyl (C=O) groups excluding carboxylic acids is 2. The van der Waals surface area contributed by atoms with Crippen LogP contribution in [0.25, 0.3) is 6.08 Å². The number of piperazine rings is 1. The number of rotatable bonds is 1. The van der Waals surface area contributed by atoms with Crippen LogP contribution in [0, 0.1) is 6.92 Å². The van der Waals surface area contributed by atoms with E-state index in [4.69, 9.17) is 0 Å². The van der Waals surface area contributed by atoms with Gasteiger partial charge in [0, 0.05) is 13.0 Å². The molecule has 2 aliphatic heterocycles. The van der Waals surface area contributed by atoms with Gasteiger partial charge in [0.2, 0.25) is 5.91 Å². The lowest BCUT2D eigenvalue weighted by atomic mass is 9.91. The Balaban J connectivity index is 1.67. The zero-order valence-corrected chi connectivity index (χ0v) is 13.5. The number of benzene rings is 2. The van der Waals surface area contributed by atoms with Crippen LogP contribution in [-0.4, -0.2) is 22.8 Å². The van der Waals surface area contributed by atoms with Crippen molar-refractivity contribution in [3.63, 3.8) is 0 Å². The van der Waals surface area contributed by atoms with Gasteiger partial charge in [0.1, 0.15) is 11.7 Å². The Morgan fingerprint density at radius 1 is 1.04 bits per heavy atom. The average molecular weight is 318 g/mol. The summed E-state index contributed by atoms with van der Waals surface area (Å²) in [6.07, 6.45) is 2.32. The van der Waals surface area contributed by atoms with Crippen molar-refractivity contribution in [3.05, 3.63) is 76.5 Å². The van der Waals surface area contributed by atoms with Crippen LogP contribution >= 0.6 is 0 Å². The number of nitrogens with zero attached hydrogens (tertiary/aromatic N) is 1. The first-order chi connectivity index (χ1) is 11.6. The molecule has 1 fully saturated rings. The standard InChI is InChI=1S/C20H18N2O2/c1-13-6-8-14(9-7-13)10-17-20(24)22-12-16-5-3-2-4-15(16)11-18(22)19(23)21-17/h2-10,18H,11-12H2,1H3,(H,21,23). The van der Waals surface area contributed by atoms with E-state index in [0.717, 1.165) is 22.3 Å². The molecule has 0 saturated carbocycles. The molecule has 0 spiro atoms. The highest BCUT2D eigenvalue weighted by molar-refractivity contribution is 6.07. The first-order valence-corrected chi connectivity index (χ1v) is 8.09. The fourth-order valence-electron chi connectivity index (χ4n) is 3.32. The number of carbonyl (C=O) groups is 2. The lowest BCUT2D eigenvalue weighted by Crippen LogP contribution is -2.58. The van der Waals surface area contributed by atoms with Crippen LogP contribution in [0.15, 0.2) is 54.2 Å². The van der Waals surface area contributed by atoms with E-state index in [1.807, 2.05) is 55.5 Å². The van der Waals surface area contributed by atoms with Gasteiger partial charge < -0.3 is 10.2 Å². The van der Waals surface area contributed by atoms with Gasteiger partial charge in [-0.1, -0.05) is 54.1 Å². The summed E-state index contributed by atoms with van der Waals surface area (Å²) in [5.74, 6) is -0.225. The third kappa shape index (κ3) is 2.50. The Labute approximate surface area is 140 Å². The molecule has 0 aromatic heterocycles. The molecular formula is C20H18N2O2. The lowest BCUT2D eigenvalue weighted by molar-refractivity contribution is -0.143. The van der Waals surface area contributed by atoms with Gasteiger partial charge in [-0.05, 0) is 29.7 Å². The SMILES string of the molecule is Cc1ccc(C=C2NC(=O)C3Cc4ccccc4CN3C2=O)cc1. The zero-order chi connectivity index (χ0) is 16.7. The summed E-state index contributed by atoms with van der Waals surface area (Å²) in [6, 6.07) is 15.4. The first kappa shape index (κ1) is 14.7. The topological polar surface area (TPSA) is 49.4 Å². The molecule has 120 valence electrons. The van der Waals surface area contributed by atoms with E-state index in [-0.39, 0.29) is 11.8 Å². The monoisotopic (exact) mass is 318 g/mol. The molecule has 1 saturated heterocycles. The van der Waals surface area contributed by atoms with E-state index in [9.17, 15) is 9.59 Å².